The van der Waals surface area contributed by atoms with Gasteiger partial charge in [0.25, 0.3) is 0 Å². The largest absolute Gasteiger partial charge is 0.497 e. The van der Waals surface area contributed by atoms with Gasteiger partial charge in [-0.2, -0.15) is 5.10 Å². The Balaban J connectivity index is 1.74. The highest BCUT2D eigenvalue weighted by Crippen LogP contribution is 2.38. The number of hydrazone groups is 1. The molecule has 0 aromatic heterocycles. The van der Waals surface area contributed by atoms with E-state index in [2.05, 4.69) is 0 Å². The van der Waals surface area contributed by atoms with E-state index in [1.165, 1.54) is 12.1 Å². The van der Waals surface area contributed by atoms with Crippen LogP contribution >= 0.6 is 0 Å². The van der Waals surface area contributed by atoms with Crippen molar-refractivity contribution in [2.45, 2.75) is 24.0 Å². The lowest BCUT2D eigenvalue weighted by Crippen LogP contribution is -2.19. The highest BCUT2D eigenvalue weighted by molar-refractivity contribution is 7.89. The van der Waals surface area contributed by atoms with Crippen molar-refractivity contribution in [3.8, 4) is 5.75 Å². The molecule has 1 heterocycles. The maximum atomic E-state index is 11.6. The van der Waals surface area contributed by atoms with Crippen LogP contribution in [0, 0.1) is 0 Å². The third-order valence-corrected chi connectivity index (χ3v) is 6.22. The van der Waals surface area contributed by atoms with Gasteiger partial charge in [0.2, 0.25) is 10.0 Å². The van der Waals surface area contributed by atoms with Gasteiger partial charge in [0.1, 0.15) is 5.75 Å². The Morgan fingerprint density at radius 1 is 1.10 bits per heavy atom. The molecule has 8 heteroatoms. The molecule has 0 spiro atoms. The van der Waals surface area contributed by atoms with Gasteiger partial charge in [-0.05, 0) is 53.1 Å². The first-order valence-electron chi connectivity index (χ1n) is 9.73. The van der Waals surface area contributed by atoms with Gasteiger partial charge in [-0.15, -0.1) is 0 Å². The molecule has 0 bridgehead atoms. The normalized spacial score (nSPS) is 16.3. The third kappa shape index (κ3) is 4.46. The van der Waals surface area contributed by atoms with Crippen LogP contribution in [0.3, 0.4) is 0 Å². The van der Waals surface area contributed by atoms with E-state index in [0.29, 0.717) is 6.42 Å². The number of aliphatic hydroxyl groups excluding tert-OH is 1. The molecule has 0 saturated carbocycles. The Morgan fingerprint density at radius 3 is 2.42 bits per heavy atom. The molecular formula is C23H23N3O4S. The van der Waals surface area contributed by atoms with Gasteiger partial charge < -0.3 is 9.84 Å². The van der Waals surface area contributed by atoms with Crippen LogP contribution in [0.2, 0.25) is 0 Å². The van der Waals surface area contributed by atoms with Crippen molar-refractivity contribution >= 4 is 21.4 Å². The number of nitrogens with two attached hydrogens (primary N) is 1. The van der Waals surface area contributed by atoms with Crippen molar-refractivity contribution in [2.24, 2.45) is 10.2 Å². The molecule has 0 radical (unpaired) electrons. The fourth-order valence-electron chi connectivity index (χ4n) is 3.62. The van der Waals surface area contributed by atoms with Crippen molar-refractivity contribution in [3.63, 3.8) is 0 Å². The molecule has 1 aliphatic heterocycles. The summed E-state index contributed by atoms with van der Waals surface area (Å²) in [6, 6.07) is 21.7. The number of hydrogen-bond donors (Lipinski definition) is 2. The highest BCUT2D eigenvalue weighted by Gasteiger charge is 2.30. The number of hydrogen-bond acceptors (Lipinski definition) is 6. The Kier molecular flexibility index (Phi) is 5.77. The summed E-state index contributed by atoms with van der Waals surface area (Å²) in [7, 11) is -2.14. The number of primary sulfonamides is 1. The molecule has 0 saturated heterocycles. The summed E-state index contributed by atoms with van der Waals surface area (Å²) in [5, 5.41) is 21.3. The van der Waals surface area contributed by atoms with Crippen molar-refractivity contribution in [2.75, 3.05) is 12.1 Å². The van der Waals surface area contributed by atoms with Crippen molar-refractivity contribution in [3.05, 3.63) is 89.5 Å². The van der Waals surface area contributed by atoms with Crippen molar-refractivity contribution < 1.29 is 18.3 Å². The van der Waals surface area contributed by atoms with Gasteiger partial charge in [0, 0.05) is 6.42 Å². The van der Waals surface area contributed by atoms with E-state index >= 15 is 0 Å². The van der Waals surface area contributed by atoms with Gasteiger partial charge in [-0.1, -0.05) is 36.4 Å². The Labute approximate surface area is 181 Å². The summed E-state index contributed by atoms with van der Waals surface area (Å²) in [4.78, 5) is 0.0529. The molecule has 4 rings (SSSR count). The Hall–Kier alpha value is -3.20. The van der Waals surface area contributed by atoms with Crippen LogP contribution in [0.15, 0.2) is 82.8 Å². The van der Waals surface area contributed by atoms with Crippen LogP contribution in [0.25, 0.3) is 0 Å². The first-order valence-corrected chi connectivity index (χ1v) is 11.3. The fraction of sp³-hybridized carbons (Fsp3) is 0.174. The maximum Gasteiger partial charge on any atom is 0.238 e. The molecule has 3 aromatic carbocycles. The van der Waals surface area contributed by atoms with Crippen LogP contribution in [0.4, 0.5) is 5.69 Å². The molecule has 0 aliphatic carbocycles. The second-order valence-corrected chi connectivity index (χ2v) is 8.84. The molecule has 31 heavy (non-hydrogen) atoms. The zero-order valence-electron chi connectivity index (χ0n) is 17.0. The number of anilines is 1. The monoisotopic (exact) mass is 437 g/mol. The molecular weight excluding hydrogens is 414 g/mol. The number of aliphatic hydroxyl groups is 1. The van der Waals surface area contributed by atoms with E-state index in [4.69, 9.17) is 15.0 Å². The molecule has 3 N–H and O–H groups in total. The Bertz CT molecular complexity index is 1210. The maximum absolute atomic E-state index is 11.6. The lowest BCUT2D eigenvalue weighted by molar-refractivity contribution is 0.282. The van der Waals surface area contributed by atoms with Crippen LogP contribution in [0.1, 0.15) is 29.2 Å². The molecule has 1 aliphatic rings. The molecule has 0 amide bonds. The molecule has 160 valence electrons. The lowest BCUT2D eigenvalue weighted by Gasteiger charge is -2.24. The second-order valence-electron chi connectivity index (χ2n) is 7.28. The average molecular weight is 438 g/mol. The number of rotatable bonds is 6. The van der Waals surface area contributed by atoms with Crippen LogP contribution < -0.4 is 14.9 Å². The lowest BCUT2D eigenvalue weighted by atomic mass is 9.97. The number of methoxy groups -OCH3 is 1. The SMILES string of the molecule is COc1cccc(C2CC(c3ccc(CO)cc3)=NN2c2ccc(S(N)(=O)=O)cc2)c1. The molecule has 0 fully saturated rings. The fourth-order valence-corrected chi connectivity index (χ4v) is 4.14. The summed E-state index contributed by atoms with van der Waals surface area (Å²) >= 11 is 0. The van der Waals surface area contributed by atoms with E-state index in [0.717, 1.165) is 33.8 Å². The smallest absolute Gasteiger partial charge is 0.238 e. The van der Waals surface area contributed by atoms with Gasteiger partial charge in [-0.3, -0.25) is 5.01 Å². The van der Waals surface area contributed by atoms with E-state index in [1.54, 1.807) is 19.2 Å². The number of nitrogens with zero attached hydrogens (tertiary/aromatic N) is 2. The molecule has 1 atom stereocenters. The van der Waals surface area contributed by atoms with E-state index < -0.39 is 10.0 Å². The minimum Gasteiger partial charge on any atom is -0.497 e. The minimum atomic E-state index is -3.77. The summed E-state index contributed by atoms with van der Waals surface area (Å²) in [6.45, 7) is -0.0122. The molecule has 3 aromatic rings. The molecule has 7 nitrogen and oxygen atoms in total. The third-order valence-electron chi connectivity index (χ3n) is 5.29. The number of benzene rings is 3. The number of sulfonamides is 1. The van der Waals surface area contributed by atoms with Crippen LogP contribution in [-0.2, 0) is 16.6 Å². The Morgan fingerprint density at radius 2 is 1.81 bits per heavy atom. The second kappa shape index (κ2) is 8.50. The van der Waals surface area contributed by atoms with Gasteiger partial charge in [0.05, 0.1) is 36.1 Å². The average Bonchev–Trinajstić information content (AvgIpc) is 3.24. The van der Waals surface area contributed by atoms with Gasteiger partial charge >= 0.3 is 0 Å². The van der Waals surface area contributed by atoms with Crippen molar-refractivity contribution in [1.82, 2.24) is 0 Å². The van der Waals surface area contributed by atoms with E-state index in [-0.39, 0.29) is 17.5 Å². The van der Waals surface area contributed by atoms with Gasteiger partial charge in [-0.25, -0.2) is 13.6 Å². The zero-order valence-corrected chi connectivity index (χ0v) is 17.8. The minimum absolute atomic E-state index is 0.0122. The first-order chi connectivity index (χ1) is 14.9. The predicted octanol–water partition coefficient (Wildman–Crippen LogP) is 3.19. The first kappa shape index (κ1) is 21.0. The summed E-state index contributed by atoms with van der Waals surface area (Å²) in [5.41, 5.74) is 4.48. The van der Waals surface area contributed by atoms with E-state index in [9.17, 15) is 13.5 Å². The summed E-state index contributed by atoms with van der Waals surface area (Å²) in [5.74, 6) is 0.753. The quantitative estimate of drug-likeness (QED) is 0.616. The summed E-state index contributed by atoms with van der Waals surface area (Å²) < 4.78 is 28.6. The van der Waals surface area contributed by atoms with Crippen LogP contribution in [0.5, 0.6) is 5.75 Å². The topological polar surface area (TPSA) is 105 Å². The zero-order chi connectivity index (χ0) is 22.0. The highest BCUT2D eigenvalue weighted by atomic mass is 32.2. The van der Waals surface area contributed by atoms with Crippen molar-refractivity contribution in [1.29, 1.82) is 0 Å². The van der Waals surface area contributed by atoms with Crippen LogP contribution in [-0.4, -0.2) is 26.3 Å². The van der Waals surface area contributed by atoms with Gasteiger partial charge in [0.15, 0.2) is 0 Å². The summed E-state index contributed by atoms with van der Waals surface area (Å²) in [6.07, 6.45) is 0.655. The van der Waals surface area contributed by atoms with E-state index in [1.807, 2.05) is 53.5 Å². The number of ether oxygens (including phenoxy) is 1. The molecule has 1 unspecified atom stereocenters. The predicted molar refractivity (Wildman–Crippen MR) is 120 cm³/mol. The standard InChI is InChI=1S/C23H23N3O4S/c1-30-20-4-2-3-18(13-20)23-14-22(17-7-5-16(15-27)6-8-17)25-26(23)19-9-11-21(12-10-19)31(24,28)29/h2-13,23,27H,14-15H2,1H3,(H2,24,28,29).